The predicted molar refractivity (Wildman–Crippen MR) is 81.5 cm³/mol. The van der Waals surface area contributed by atoms with E-state index in [1.165, 1.54) is 49.9 Å². The molecule has 1 heterocycles. The van der Waals surface area contributed by atoms with E-state index in [0.717, 1.165) is 19.0 Å². The normalized spacial score (nSPS) is 15.9. The third kappa shape index (κ3) is 4.20. The van der Waals surface area contributed by atoms with E-state index in [9.17, 15) is 0 Å². The molecule has 1 saturated carbocycles. The molecule has 3 nitrogen and oxygen atoms in total. The highest BCUT2D eigenvalue weighted by Crippen LogP contribution is 2.27. The minimum absolute atomic E-state index is 0.884. The summed E-state index contributed by atoms with van der Waals surface area (Å²) in [6.45, 7) is 5.38. The highest BCUT2D eigenvalue weighted by molar-refractivity contribution is 5.51. The number of aromatic nitrogens is 1. The first-order valence-corrected chi connectivity index (χ1v) is 7.66. The van der Waals surface area contributed by atoms with Gasteiger partial charge in [0, 0.05) is 43.8 Å². The predicted octanol–water partition coefficient (Wildman–Crippen LogP) is 3.21. The van der Waals surface area contributed by atoms with Crippen molar-refractivity contribution in [2.45, 2.75) is 45.6 Å². The molecule has 106 valence electrons. The Balaban J connectivity index is 1.96. The van der Waals surface area contributed by atoms with E-state index in [-0.39, 0.29) is 0 Å². The molecule has 1 aromatic heterocycles. The second-order valence-electron chi connectivity index (χ2n) is 5.71. The van der Waals surface area contributed by atoms with Gasteiger partial charge in [-0.05, 0) is 37.8 Å². The number of anilines is 1. The number of pyridine rings is 1. The molecule has 1 aliphatic rings. The number of nitrogens with zero attached hydrogens (tertiary/aromatic N) is 2. The first kappa shape index (κ1) is 14.3. The van der Waals surface area contributed by atoms with E-state index in [0.29, 0.717) is 0 Å². The van der Waals surface area contributed by atoms with Crippen LogP contribution in [0.4, 0.5) is 5.69 Å². The van der Waals surface area contributed by atoms with Gasteiger partial charge in [-0.25, -0.2) is 0 Å². The van der Waals surface area contributed by atoms with Crippen molar-refractivity contribution in [2.24, 2.45) is 5.92 Å². The molecule has 1 aromatic rings. The second-order valence-corrected chi connectivity index (χ2v) is 5.71. The smallest absolute Gasteiger partial charge is 0.0440 e. The van der Waals surface area contributed by atoms with Gasteiger partial charge in [-0.3, -0.25) is 4.98 Å². The van der Waals surface area contributed by atoms with Crippen molar-refractivity contribution < 1.29 is 0 Å². The highest BCUT2D eigenvalue weighted by atomic mass is 15.1. The van der Waals surface area contributed by atoms with Crippen LogP contribution in [0.3, 0.4) is 0 Å². The van der Waals surface area contributed by atoms with Crippen LogP contribution in [0, 0.1) is 5.92 Å². The van der Waals surface area contributed by atoms with Crippen LogP contribution in [-0.2, 0) is 6.54 Å². The number of rotatable bonds is 7. The lowest BCUT2D eigenvalue weighted by Crippen LogP contribution is -2.26. The zero-order valence-electron chi connectivity index (χ0n) is 12.4. The lowest BCUT2D eigenvalue weighted by molar-refractivity contribution is 0.545. The van der Waals surface area contributed by atoms with Gasteiger partial charge < -0.3 is 10.2 Å². The van der Waals surface area contributed by atoms with Crippen molar-refractivity contribution in [2.75, 3.05) is 25.0 Å². The molecule has 3 heteroatoms. The molecule has 0 saturated heterocycles. The minimum Gasteiger partial charge on any atom is -0.374 e. The quantitative estimate of drug-likeness (QED) is 0.764. The van der Waals surface area contributed by atoms with Crippen molar-refractivity contribution in [3.63, 3.8) is 0 Å². The third-order valence-electron chi connectivity index (χ3n) is 4.04. The van der Waals surface area contributed by atoms with Gasteiger partial charge in [0.05, 0.1) is 0 Å². The van der Waals surface area contributed by atoms with Crippen LogP contribution in [0.25, 0.3) is 0 Å². The molecule has 0 bridgehead atoms. The number of hydrogen-bond acceptors (Lipinski definition) is 3. The van der Waals surface area contributed by atoms with Crippen molar-refractivity contribution in [3.8, 4) is 0 Å². The number of hydrogen-bond donors (Lipinski definition) is 1. The average Bonchev–Trinajstić information content (AvgIpc) is 2.92. The van der Waals surface area contributed by atoms with Crippen LogP contribution in [0.5, 0.6) is 0 Å². The molecule has 1 aliphatic carbocycles. The summed E-state index contributed by atoms with van der Waals surface area (Å²) in [5.41, 5.74) is 2.65. The molecule has 0 aliphatic heterocycles. The first-order valence-electron chi connectivity index (χ1n) is 7.66. The Hall–Kier alpha value is -1.09. The monoisotopic (exact) mass is 261 g/mol. The lowest BCUT2D eigenvalue weighted by Gasteiger charge is -2.25. The lowest BCUT2D eigenvalue weighted by atomic mass is 10.1. The number of nitrogens with one attached hydrogen (secondary N) is 1. The molecule has 0 aromatic carbocycles. The molecule has 0 spiro atoms. The van der Waals surface area contributed by atoms with E-state index in [2.05, 4.69) is 35.2 Å². The molecule has 19 heavy (non-hydrogen) atoms. The van der Waals surface area contributed by atoms with E-state index < -0.39 is 0 Å². The fourth-order valence-electron chi connectivity index (χ4n) is 3.01. The van der Waals surface area contributed by atoms with Crippen molar-refractivity contribution in [1.29, 1.82) is 0 Å². The molecule has 2 rings (SSSR count). The Morgan fingerprint density at radius 2 is 2.16 bits per heavy atom. The summed E-state index contributed by atoms with van der Waals surface area (Å²) in [5.74, 6) is 0.884. The van der Waals surface area contributed by atoms with Crippen molar-refractivity contribution in [3.05, 3.63) is 24.0 Å². The largest absolute Gasteiger partial charge is 0.374 e. The molecular formula is C16H27N3. The molecular weight excluding hydrogens is 234 g/mol. The van der Waals surface area contributed by atoms with E-state index >= 15 is 0 Å². The summed E-state index contributed by atoms with van der Waals surface area (Å²) in [6.07, 6.45) is 10.7. The molecule has 0 radical (unpaired) electrons. The Bertz CT molecular complexity index is 372. The van der Waals surface area contributed by atoms with E-state index in [1.54, 1.807) is 0 Å². The van der Waals surface area contributed by atoms with Gasteiger partial charge in [-0.2, -0.15) is 0 Å². The van der Waals surface area contributed by atoms with Gasteiger partial charge in [-0.15, -0.1) is 0 Å². The summed E-state index contributed by atoms with van der Waals surface area (Å²) in [4.78, 5) is 6.69. The van der Waals surface area contributed by atoms with Crippen LogP contribution < -0.4 is 10.2 Å². The molecule has 0 unspecified atom stereocenters. The van der Waals surface area contributed by atoms with Crippen LogP contribution in [0.2, 0.25) is 0 Å². The summed E-state index contributed by atoms with van der Waals surface area (Å²) in [6, 6.07) is 2.15. The summed E-state index contributed by atoms with van der Waals surface area (Å²) in [7, 11) is 2.22. The molecule has 1 N–H and O–H groups in total. The van der Waals surface area contributed by atoms with Crippen LogP contribution in [0.15, 0.2) is 18.5 Å². The highest BCUT2D eigenvalue weighted by Gasteiger charge is 2.18. The fraction of sp³-hybridized carbons (Fsp3) is 0.688. The SMILES string of the molecule is CCCNCc1cnccc1N(C)CC1CCCC1. The second kappa shape index (κ2) is 7.49. The fourth-order valence-corrected chi connectivity index (χ4v) is 3.01. The van der Waals surface area contributed by atoms with Gasteiger partial charge in [0.2, 0.25) is 0 Å². The standard InChI is InChI=1S/C16H27N3/c1-3-9-17-11-15-12-18-10-8-16(15)19(2)13-14-6-4-5-7-14/h8,10,12,14,17H,3-7,9,11,13H2,1-2H3. The van der Waals surface area contributed by atoms with Gasteiger partial charge in [0.25, 0.3) is 0 Å². The molecule has 1 fully saturated rings. The Kier molecular flexibility index (Phi) is 5.64. The van der Waals surface area contributed by atoms with E-state index in [4.69, 9.17) is 0 Å². The first-order chi connectivity index (χ1) is 9.31. The van der Waals surface area contributed by atoms with Crippen LogP contribution >= 0.6 is 0 Å². The maximum atomic E-state index is 4.27. The maximum Gasteiger partial charge on any atom is 0.0440 e. The van der Waals surface area contributed by atoms with Gasteiger partial charge in [0.1, 0.15) is 0 Å². The summed E-state index contributed by atoms with van der Waals surface area (Å²) < 4.78 is 0. The van der Waals surface area contributed by atoms with Gasteiger partial charge in [0.15, 0.2) is 0 Å². The minimum atomic E-state index is 0.884. The molecule has 0 amide bonds. The zero-order valence-corrected chi connectivity index (χ0v) is 12.4. The summed E-state index contributed by atoms with van der Waals surface area (Å²) in [5, 5.41) is 3.47. The Morgan fingerprint density at radius 1 is 1.37 bits per heavy atom. The zero-order chi connectivity index (χ0) is 13.5. The van der Waals surface area contributed by atoms with Crippen molar-refractivity contribution >= 4 is 5.69 Å². The third-order valence-corrected chi connectivity index (χ3v) is 4.04. The summed E-state index contributed by atoms with van der Waals surface area (Å²) >= 11 is 0. The van der Waals surface area contributed by atoms with Crippen LogP contribution in [-0.4, -0.2) is 25.1 Å². The average molecular weight is 261 g/mol. The topological polar surface area (TPSA) is 28.2 Å². The Morgan fingerprint density at radius 3 is 2.89 bits per heavy atom. The van der Waals surface area contributed by atoms with Gasteiger partial charge in [-0.1, -0.05) is 19.8 Å². The van der Waals surface area contributed by atoms with Crippen molar-refractivity contribution in [1.82, 2.24) is 10.3 Å². The molecule has 0 atom stereocenters. The van der Waals surface area contributed by atoms with Crippen LogP contribution in [0.1, 0.15) is 44.6 Å². The van der Waals surface area contributed by atoms with E-state index in [1.807, 2.05) is 12.4 Å². The van der Waals surface area contributed by atoms with Gasteiger partial charge >= 0.3 is 0 Å². The Labute approximate surface area is 117 Å². The maximum absolute atomic E-state index is 4.27.